The number of halogens is 2. The van der Waals surface area contributed by atoms with Crippen LogP contribution in [0.1, 0.15) is 16.8 Å². The molecule has 0 atom stereocenters. The lowest BCUT2D eigenvalue weighted by atomic mass is 10.1. The first-order valence-corrected chi connectivity index (χ1v) is 10.4. The van der Waals surface area contributed by atoms with Crippen molar-refractivity contribution in [2.75, 3.05) is 20.1 Å². The molecular weight excluding hydrogens is 518 g/mol. The van der Waals surface area contributed by atoms with Gasteiger partial charge in [-0.1, -0.05) is 12.1 Å². The number of nitrogens with zero attached hydrogens (tertiary/aromatic N) is 3. The van der Waals surface area contributed by atoms with Gasteiger partial charge in [-0.15, -0.1) is 24.0 Å². The van der Waals surface area contributed by atoms with Crippen molar-refractivity contribution in [2.24, 2.45) is 4.99 Å². The monoisotopic (exact) mass is 546 g/mol. The van der Waals surface area contributed by atoms with E-state index in [2.05, 4.69) is 57.0 Å². The van der Waals surface area contributed by atoms with Gasteiger partial charge in [-0.3, -0.25) is 4.99 Å². The molecule has 0 aliphatic carbocycles. The number of hydrogen-bond donors (Lipinski definition) is 3. The van der Waals surface area contributed by atoms with Crippen LogP contribution in [0.2, 0.25) is 0 Å². The summed E-state index contributed by atoms with van der Waals surface area (Å²) in [5.74, 6) is 0.522. The van der Waals surface area contributed by atoms with Crippen molar-refractivity contribution >= 4 is 40.8 Å². The summed E-state index contributed by atoms with van der Waals surface area (Å²) in [5.41, 5.74) is 5.57. The lowest BCUT2D eigenvalue weighted by Crippen LogP contribution is -2.39. The number of nitrogens with one attached hydrogen (secondary N) is 3. The van der Waals surface area contributed by atoms with Crippen molar-refractivity contribution in [1.29, 1.82) is 0 Å². The highest BCUT2D eigenvalue weighted by Gasteiger charge is 2.07. The van der Waals surface area contributed by atoms with Crippen LogP contribution in [0.4, 0.5) is 4.39 Å². The highest BCUT2D eigenvalue weighted by Crippen LogP contribution is 2.22. The first-order valence-electron chi connectivity index (χ1n) is 10.4. The molecule has 0 saturated heterocycles. The summed E-state index contributed by atoms with van der Waals surface area (Å²) in [6, 6.07) is 14.6. The van der Waals surface area contributed by atoms with Crippen molar-refractivity contribution < 1.29 is 4.39 Å². The summed E-state index contributed by atoms with van der Waals surface area (Å²) in [4.78, 5) is 7.65. The molecule has 0 spiro atoms. The summed E-state index contributed by atoms with van der Waals surface area (Å²) in [6.07, 6.45) is 5.65. The highest BCUT2D eigenvalue weighted by atomic mass is 127. The molecule has 0 radical (unpaired) electrons. The van der Waals surface area contributed by atoms with Gasteiger partial charge in [-0.25, -0.2) is 9.07 Å². The quantitative estimate of drug-likeness (QED) is 0.183. The van der Waals surface area contributed by atoms with Crippen LogP contribution in [0.5, 0.6) is 0 Å². The first kappa shape index (κ1) is 23.8. The van der Waals surface area contributed by atoms with Crippen molar-refractivity contribution in [1.82, 2.24) is 25.4 Å². The Morgan fingerprint density at radius 1 is 1.06 bits per heavy atom. The van der Waals surface area contributed by atoms with Gasteiger partial charge in [0.25, 0.3) is 0 Å². The lowest BCUT2D eigenvalue weighted by molar-refractivity contribution is 0.627. The summed E-state index contributed by atoms with van der Waals surface area (Å²) >= 11 is 0. The molecule has 2 heterocycles. The molecule has 168 valence electrons. The molecule has 0 saturated carbocycles. The van der Waals surface area contributed by atoms with Crippen molar-refractivity contribution in [3.8, 4) is 5.69 Å². The Balaban J connectivity index is 0.00000289. The number of aryl methyl sites for hydroxylation is 1. The number of guanidine groups is 1. The van der Waals surface area contributed by atoms with Crippen molar-refractivity contribution in [3.05, 3.63) is 83.6 Å². The Kier molecular flexibility index (Phi) is 8.26. The molecule has 4 aromatic rings. The van der Waals surface area contributed by atoms with Gasteiger partial charge < -0.3 is 15.6 Å². The number of aromatic nitrogens is 3. The molecule has 0 fully saturated rings. The zero-order chi connectivity index (χ0) is 21.6. The summed E-state index contributed by atoms with van der Waals surface area (Å²) < 4.78 is 14.8. The molecule has 32 heavy (non-hydrogen) atoms. The van der Waals surface area contributed by atoms with Gasteiger partial charge in [-0.2, -0.15) is 5.10 Å². The maximum absolute atomic E-state index is 13.1. The zero-order valence-corrected chi connectivity index (χ0v) is 20.6. The Hall–Kier alpha value is -2.88. The van der Waals surface area contributed by atoms with Crippen LogP contribution in [0, 0.1) is 12.7 Å². The molecule has 8 heteroatoms. The number of H-pyrrole nitrogens is 1. The Morgan fingerprint density at radius 3 is 2.56 bits per heavy atom. The molecule has 0 amide bonds. The molecular formula is C24H28FIN6. The molecule has 3 N–H and O–H groups in total. The van der Waals surface area contributed by atoms with E-state index in [1.165, 1.54) is 34.2 Å². The Morgan fingerprint density at radius 2 is 1.81 bits per heavy atom. The number of hydrogen-bond acceptors (Lipinski definition) is 2. The second-order valence-electron chi connectivity index (χ2n) is 7.47. The largest absolute Gasteiger partial charge is 0.361 e. The number of fused-ring (bicyclic) bond motifs is 1. The molecule has 0 bridgehead atoms. The Labute approximate surface area is 204 Å². The van der Waals surface area contributed by atoms with Gasteiger partial charge in [0.1, 0.15) is 5.82 Å². The summed E-state index contributed by atoms with van der Waals surface area (Å²) in [6.45, 7) is 3.65. The predicted octanol–water partition coefficient (Wildman–Crippen LogP) is 4.37. The molecule has 0 aliphatic rings. The second-order valence-corrected chi connectivity index (χ2v) is 7.47. The van der Waals surface area contributed by atoms with E-state index in [1.807, 2.05) is 12.3 Å². The van der Waals surface area contributed by atoms with Gasteiger partial charge in [0.05, 0.1) is 11.4 Å². The van der Waals surface area contributed by atoms with Crippen LogP contribution in [0.15, 0.2) is 65.9 Å². The van der Waals surface area contributed by atoms with E-state index in [4.69, 9.17) is 0 Å². The van der Waals surface area contributed by atoms with Gasteiger partial charge >= 0.3 is 0 Å². The van der Waals surface area contributed by atoms with Gasteiger partial charge in [-0.05, 0) is 60.9 Å². The summed E-state index contributed by atoms with van der Waals surface area (Å²) in [5, 5.41) is 12.6. The van der Waals surface area contributed by atoms with Crippen LogP contribution in [-0.2, 0) is 12.8 Å². The standard InChI is InChI=1S/C24H27FN6.HI/c1-17-4-3-5-22-23(17)18(16-29-22)10-13-27-24(26-2)28-14-11-20-12-15-31(30-20)21-8-6-19(25)7-9-21;/h3-9,12,15-16,29H,10-11,13-14H2,1-2H3,(H2,26,27,28);1H. The van der Waals surface area contributed by atoms with E-state index >= 15 is 0 Å². The molecule has 6 nitrogen and oxygen atoms in total. The maximum atomic E-state index is 13.1. The smallest absolute Gasteiger partial charge is 0.190 e. The maximum Gasteiger partial charge on any atom is 0.190 e. The third-order valence-electron chi connectivity index (χ3n) is 5.32. The third-order valence-corrected chi connectivity index (χ3v) is 5.32. The minimum Gasteiger partial charge on any atom is -0.361 e. The van der Waals surface area contributed by atoms with E-state index < -0.39 is 0 Å². The molecule has 4 rings (SSSR count). The third kappa shape index (κ3) is 5.67. The van der Waals surface area contributed by atoms with E-state index in [-0.39, 0.29) is 29.8 Å². The topological polar surface area (TPSA) is 70.0 Å². The van der Waals surface area contributed by atoms with Crippen LogP contribution in [0.3, 0.4) is 0 Å². The SMILES string of the molecule is CN=C(NCCc1ccn(-c2ccc(F)cc2)n1)NCCc1c[nH]c2cccc(C)c12.I. The number of aromatic amines is 1. The minimum absolute atomic E-state index is 0. The fraction of sp³-hybridized carbons (Fsp3) is 0.250. The molecule has 2 aromatic heterocycles. The van der Waals surface area contributed by atoms with E-state index in [9.17, 15) is 4.39 Å². The average molecular weight is 546 g/mol. The predicted molar refractivity (Wildman–Crippen MR) is 139 cm³/mol. The van der Waals surface area contributed by atoms with Crippen LogP contribution in [-0.4, -0.2) is 40.9 Å². The lowest BCUT2D eigenvalue weighted by Gasteiger charge is -2.11. The molecule has 2 aromatic carbocycles. The average Bonchev–Trinajstić information content (AvgIpc) is 3.41. The van der Waals surface area contributed by atoms with Crippen LogP contribution >= 0.6 is 24.0 Å². The van der Waals surface area contributed by atoms with E-state index in [0.29, 0.717) is 6.54 Å². The fourth-order valence-electron chi connectivity index (χ4n) is 3.73. The highest BCUT2D eigenvalue weighted by molar-refractivity contribution is 14.0. The van der Waals surface area contributed by atoms with Crippen molar-refractivity contribution in [3.63, 3.8) is 0 Å². The first-order chi connectivity index (χ1) is 15.1. The van der Waals surface area contributed by atoms with E-state index in [0.717, 1.165) is 36.7 Å². The van der Waals surface area contributed by atoms with Gasteiger partial charge in [0.2, 0.25) is 0 Å². The number of benzene rings is 2. The second kappa shape index (κ2) is 11.1. The number of aliphatic imine (C=N–C) groups is 1. The zero-order valence-electron chi connectivity index (χ0n) is 18.2. The molecule has 0 aliphatic heterocycles. The van der Waals surface area contributed by atoms with Gasteiger partial charge in [0.15, 0.2) is 5.96 Å². The van der Waals surface area contributed by atoms with Crippen LogP contribution < -0.4 is 10.6 Å². The Bertz CT molecular complexity index is 1180. The fourth-order valence-corrected chi connectivity index (χ4v) is 3.73. The summed E-state index contributed by atoms with van der Waals surface area (Å²) in [7, 11) is 1.77. The molecule has 0 unspecified atom stereocenters. The van der Waals surface area contributed by atoms with Crippen LogP contribution in [0.25, 0.3) is 16.6 Å². The minimum atomic E-state index is -0.251. The van der Waals surface area contributed by atoms with E-state index in [1.54, 1.807) is 23.9 Å². The van der Waals surface area contributed by atoms with Crippen molar-refractivity contribution in [2.45, 2.75) is 19.8 Å². The van der Waals surface area contributed by atoms with Gasteiger partial charge in [0, 0.05) is 49.9 Å². The number of rotatable bonds is 7. The normalized spacial score (nSPS) is 11.4.